The van der Waals surface area contributed by atoms with Crippen molar-refractivity contribution in [2.75, 3.05) is 13.1 Å². The van der Waals surface area contributed by atoms with E-state index in [9.17, 15) is 0 Å². The van der Waals surface area contributed by atoms with Crippen molar-refractivity contribution in [2.24, 2.45) is 11.5 Å². The first-order chi connectivity index (χ1) is 4.54. The molecule has 7 nitrogen and oxygen atoms in total. The maximum Gasteiger partial charge on any atom is 2.00 e. The zero-order chi connectivity index (χ0) is 8.57. The Bertz CT molecular complexity index is 107. The molecule has 0 radical (unpaired) electrons. The van der Waals surface area contributed by atoms with Crippen molar-refractivity contribution in [1.29, 1.82) is 0 Å². The second-order valence-corrected chi connectivity index (χ2v) is 1.15. The normalized spacial score (nSPS) is 6.17. The number of hydrogen-bond acceptors (Lipinski definition) is 7. The summed E-state index contributed by atoms with van der Waals surface area (Å²) in [5, 5.41) is 18.3. The predicted octanol–water partition coefficient (Wildman–Crippen LogP) is -4.45. The van der Waals surface area contributed by atoms with E-state index in [1.807, 2.05) is 0 Å². The van der Waals surface area contributed by atoms with Gasteiger partial charge in [-0.1, -0.05) is 0 Å². The summed E-state index contributed by atoms with van der Waals surface area (Å²) in [6.07, 6.45) is 0. The van der Waals surface area contributed by atoms with Gasteiger partial charge in [0.15, 0.2) is 0 Å². The van der Waals surface area contributed by atoms with Crippen LogP contribution in [0.15, 0.2) is 0 Å². The molecule has 7 N–H and O–H groups in total. The SMILES string of the molecule is N.NCC(=O)[O-].NCC(=O)[O-].[Cd+2]. The Labute approximate surface area is 89.8 Å². The first-order valence-corrected chi connectivity index (χ1v) is 2.34. The molecule has 0 saturated carbocycles. The van der Waals surface area contributed by atoms with Crippen LogP contribution in [0.1, 0.15) is 0 Å². The maximum atomic E-state index is 9.13. The van der Waals surface area contributed by atoms with Crippen LogP contribution in [0.2, 0.25) is 0 Å². The third-order valence-electron chi connectivity index (χ3n) is 0.333. The van der Waals surface area contributed by atoms with Gasteiger partial charge in [0, 0.05) is 13.1 Å². The molecular weight excluding hydrogens is 266 g/mol. The summed E-state index contributed by atoms with van der Waals surface area (Å²) in [5.74, 6) is -2.44. The summed E-state index contributed by atoms with van der Waals surface area (Å²) in [6.45, 7) is -0.778. The Morgan fingerprint density at radius 1 is 1.00 bits per heavy atom. The molecule has 0 fully saturated rings. The van der Waals surface area contributed by atoms with Crippen molar-refractivity contribution < 1.29 is 47.1 Å². The van der Waals surface area contributed by atoms with Gasteiger partial charge in [-0.2, -0.15) is 0 Å². The molecule has 0 heterocycles. The van der Waals surface area contributed by atoms with Crippen molar-refractivity contribution in [2.45, 2.75) is 0 Å². The molecule has 0 amide bonds. The molecule has 0 aromatic carbocycles. The van der Waals surface area contributed by atoms with Crippen LogP contribution in [0.3, 0.4) is 0 Å². The Morgan fingerprint density at radius 2 is 1.08 bits per heavy atom. The largest absolute Gasteiger partial charge is 2.00 e. The van der Waals surface area contributed by atoms with Gasteiger partial charge >= 0.3 is 27.3 Å². The Kier molecular flexibility index (Phi) is 32.0. The molecule has 0 aromatic heterocycles. The first kappa shape index (κ1) is 22.6. The van der Waals surface area contributed by atoms with Crippen LogP contribution >= 0.6 is 0 Å². The van der Waals surface area contributed by atoms with Gasteiger partial charge in [0.25, 0.3) is 0 Å². The number of carboxylic acids is 2. The second-order valence-electron chi connectivity index (χ2n) is 1.15. The molecule has 8 heteroatoms. The van der Waals surface area contributed by atoms with Crippen molar-refractivity contribution in [3.8, 4) is 0 Å². The minimum Gasteiger partial charge on any atom is -0.549 e. The molecule has 0 saturated heterocycles. The van der Waals surface area contributed by atoms with Crippen LogP contribution in [-0.4, -0.2) is 25.0 Å². The Hall–Kier alpha value is -0.258. The maximum absolute atomic E-state index is 9.13. The van der Waals surface area contributed by atoms with E-state index in [0.29, 0.717) is 0 Å². The summed E-state index contributed by atoms with van der Waals surface area (Å²) < 4.78 is 0. The quantitative estimate of drug-likeness (QED) is 0.428. The van der Waals surface area contributed by atoms with Crippen LogP contribution in [-0.2, 0) is 36.9 Å². The van der Waals surface area contributed by atoms with Crippen molar-refractivity contribution >= 4 is 11.9 Å². The van der Waals surface area contributed by atoms with Gasteiger partial charge in [0.05, 0.1) is 11.9 Å². The molecule has 0 aromatic rings. The number of aliphatic carboxylic acids is 2. The summed E-state index contributed by atoms with van der Waals surface area (Å²) in [5.41, 5.74) is 9.02. The number of hydrogen-bond donors (Lipinski definition) is 3. The minimum absolute atomic E-state index is 0. The van der Waals surface area contributed by atoms with E-state index in [-0.39, 0.29) is 46.5 Å². The van der Waals surface area contributed by atoms with Crippen molar-refractivity contribution in [1.82, 2.24) is 6.15 Å². The van der Waals surface area contributed by atoms with E-state index in [2.05, 4.69) is 11.5 Å². The van der Waals surface area contributed by atoms with E-state index in [1.54, 1.807) is 0 Å². The third-order valence-corrected chi connectivity index (χ3v) is 0.333. The fraction of sp³-hybridized carbons (Fsp3) is 0.500. The summed E-state index contributed by atoms with van der Waals surface area (Å²) in [6, 6.07) is 0. The van der Waals surface area contributed by atoms with Crippen LogP contribution in [0.5, 0.6) is 0 Å². The number of carbonyl (C=O) groups is 2. The van der Waals surface area contributed by atoms with E-state index in [4.69, 9.17) is 19.8 Å². The molecule has 12 heavy (non-hydrogen) atoms. The first-order valence-electron chi connectivity index (χ1n) is 2.34. The zero-order valence-corrected chi connectivity index (χ0v) is 10.7. The molecular formula is C4H11CdN3O4. The summed E-state index contributed by atoms with van der Waals surface area (Å²) >= 11 is 0. The average Bonchev–Trinajstić information content (AvgIpc) is 1.89. The fourth-order valence-corrected chi connectivity index (χ4v) is 0. The molecule has 0 atom stereocenters. The van der Waals surface area contributed by atoms with E-state index in [1.165, 1.54) is 0 Å². The molecule has 68 valence electrons. The standard InChI is InChI=1S/2C2H5NO2.Cd.H3N/c2*3-1-2(4)5;;/h2*1,3H2,(H,4,5);;1H3/q;;+2;/p-2. The van der Waals surface area contributed by atoms with Gasteiger partial charge in [-0.15, -0.1) is 0 Å². The van der Waals surface area contributed by atoms with E-state index >= 15 is 0 Å². The number of rotatable bonds is 2. The molecule has 0 unspecified atom stereocenters. The molecule has 0 rings (SSSR count). The van der Waals surface area contributed by atoms with Gasteiger partial charge in [0.2, 0.25) is 0 Å². The fourth-order valence-electron chi connectivity index (χ4n) is 0. The molecule has 0 aliphatic heterocycles. The van der Waals surface area contributed by atoms with Gasteiger partial charge in [-0.05, 0) is 0 Å². The second kappa shape index (κ2) is 17.0. The smallest absolute Gasteiger partial charge is 0.549 e. The average molecular weight is 278 g/mol. The van der Waals surface area contributed by atoms with E-state index in [0.717, 1.165) is 0 Å². The predicted molar refractivity (Wildman–Crippen MR) is 33.1 cm³/mol. The number of carbonyl (C=O) groups excluding carboxylic acids is 2. The summed E-state index contributed by atoms with van der Waals surface area (Å²) in [4.78, 5) is 18.3. The minimum atomic E-state index is -1.22. The molecule has 0 bridgehead atoms. The molecule has 0 aliphatic carbocycles. The number of carboxylic acid groups (broad SMARTS) is 2. The van der Waals surface area contributed by atoms with E-state index < -0.39 is 11.9 Å². The third kappa shape index (κ3) is 53.2. The molecule has 0 spiro atoms. The van der Waals surface area contributed by atoms with Crippen LogP contribution in [0, 0.1) is 0 Å². The van der Waals surface area contributed by atoms with Gasteiger partial charge < -0.3 is 37.4 Å². The van der Waals surface area contributed by atoms with Crippen LogP contribution in [0.4, 0.5) is 0 Å². The number of nitrogens with two attached hydrogens (primary N) is 2. The van der Waals surface area contributed by atoms with Gasteiger partial charge in [0.1, 0.15) is 0 Å². The zero-order valence-electron chi connectivity index (χ0n) is 6.62. The van der Waals surface area contributed by atoms with Crippen LogP contribution in [0.25, 0.3) is 0 Å². The van der Waals surface area contributed by atoms with Gasteiger partial charge in [-0.25, -0.2) is 0 Å². The van der Waals surface area contributed by atoms with Gasteiger partial charge in [-0.3, -0.25) is 0 Å². The Balaban J connectivity index is -0.0000000457. The van der Waals surface area contributed by atoms with Crippen LogP contribution < -0.4 is 27.8 Å². The topological polar surface area (TPSA) is 167 Å². The Morgan fingerprint density at radius 3 is 1.08 bits per heavy atom. The summed E-state index contributed by atoms with van der Waals surface area (Å²) in [7, 11) is 0. The van der Waals surface area contributed by atoms with Crippen molar-refractivity contribution in [3.05, 3.63) is 0 Å². The molecule has 0 aliphatic rings. The monoisotopic (exact) mass is 279 g/mol. The van der Waals surface area contributed by atoms with Crippen molar-refractivity contribution in [3.63, 3.8) is 0 Å².